The zero-order valence-corrected chi connectivity index (χ0v) is 12.3. The maximum atomic E-state index is 12.5. The Kier molecular flexibility index (Phi) is 5.63. The quantitative estimate of drug-likeness (QED) is 0.299. The molecule has 19 heavy (non-hydrogen) atoms. The van der Waals surface area contributed by atoms with Crippen LogP contribution in [0.4, 0.5) is 0 Å². The lowest BCUT2D eigenvalue weighted by Gasteiger charge is -2.30. The van der Waals surface area contributed by atoms with Gasteiger partial charge >= 0.3 is 0 Å². The summed E-state index contributed by atoms with van der Waals surface area (Å²) >= 11 is 0. The Balaban J connectivity index is 2.79. The zero-order valence-electron chi connectivity index (χ0n) is 12.3. The van der Waals surface area contributed by atoms with Crippen molar-refractivity contribution in [2.45, 2.75) is 65.3 Å². The van der Waals surface area contributed by atoms with Gasteiger partial charge in [-0.15, -0.1) is 0 Å². The summed E-state index contributed by atoms with van der Waals surface area (Å²) in [5, 5.41) is 15.1. The van der Waals surface area contributed by atoms with Gasteiger partial charge in [0.05, 0.1) is 0 Å². The van der Waals surface area contributed by atoms with Crippen LogP contribution in [0.25, 0.3) is 0 Å². The fraction of sp³-hybridized carbons (Fsp3) is 0.857. The van der Waals surface area contributed by atoms with E-state index in [9.17, 15) is 4.79 Å². The van der Waals surface area contributed by atoms with Crippen molar-refractivity contribution < 1.29 is 10.0 Å². The summed E-state index contributed by atoms with van der Waals surface area (Å²) in [5.74, 6) is 0.439. The van der Waals surface area contributed by atoms with Gasteiger partial charge in [-0.05, 0) is 25.7 Å². The van der Waals surface area contributed by atoms with E-state index >= 15 is 0 Å². The molecular weight excluding hydrogens is 242 g/mol. The topological polar surface area (TPSA) is 87.7 Å². The van der Waals surface area contributed by atoms with Gasteiger partial charge in [-0.3, -0.25) is 4.79 Å². The van der Waals surface area contributed by atoms with Crippen LogP contribution in [0.15, 0.2) is 5.16 Å². The van der Waals surface area contributed by atoms with Crippen LogP contribution in [-0.2, 0) is 4.79 Å². The van der Waals surface area contributed by atoms with Crippen LogP contribution in [0.2, 0.25) is 0 Å². The minimum Gasteiger partial charge on any atom is -0.409 e. The molecule has 1 atom stereocenters. The molecule has 110 valence electrons. The van der Waals surface area contributed by atoms with Crippen molar-refractivity contribution in [2.24, 2.45) is 22.2 Å². The second-order valence-corrected chi connectivity index (χ2v) is 5.61. The third-order valence-corrected chi connectivity index (χ3v) is 4.60. The van der Waals surface area contributed by atoms with Crippen LogP contribution in [-0.4, -0.2) is 23.0 Å². The molecule has 1 rings (SSSR count). The summed E-state index contributed by atoms with van der Waals surface area (Å²) in [6.07, 6.45) is 5.31. The molecule has 5 nitrogen and oxygen atoms in total. The van der Waals surface area contributed by atoms with Gasteiger partial charge in [-0.2, -0.15) is 0 Å². The third kappa shape index (κ3) is 3.19. The Bertz CT molecular complexity index is 332. The summed E-state index contributed by atoms with van der Waals surface area (Å²) in [7, 11) is 0. The van der Waals surface area contributed by atoms with E-state index in [1.54, 1.807) is 0 Å². The number of hydrogen-bond donors (Lipinski definition) is 3. The van der Waals surface area contributed by atoms with Crippen molar-refractivity contribution >= 4 is 11.7 Å². The van der Waals surface area contributed by atoms with Crippen molar-refractivity contribution in [3.8, 4) is 0 Å². The molecule has 0 radical (unpaired) electrons. The minimum atomic E-state index is -0.797. The zero-order chi connectivity index (χ0) is 14.5. The van der Waals surface area contributed by atoms with E-state index in [2.05, 4.69) is 24.3 Å². The molecule has 0 saturated heterocycles. The molecule has 1 fully saturated rings. The van der Waals surface area contributed by atoms with E-state index in [4.69, 9.17) is 10.9 Å². The Labute approximate surface area is 115 Å². The minimum absolute atomic E-state index is 0.0549. The molecule has 1 unspecified atom stereocenters. The fourth-order valence-corrected chi connectivity index (χ4v) is 3.13. The molecule has 0 aliphatic heterocycles. The number of nitrogens with two attached hydrogens (primary N) is 1. The van der Waals surface area contributed by atoms with Crippen molar-refractivity contribution in [2.75, 3.05) is 0 Å². The number of carbonyl (C=O) groups excluding carboxylic acids is 1. The first-order valence-electron chi connectivity index (χ1n) is 7.30. The van der Waals surface area contributed by atoms with Crippen LogP contribution in [0.5, 0.6) is 0 Å². The molecule has 0 aromatic rings. The van der Waals surface area contributed by atoms with Gasteiger partial charge in [0.25, 0.3) is 0 Å². The number of rotatable bonds is 6. The van der Waals surface area contributed by atoms with Gasteiger partial charge in [-0.25, -0.2) is 0 Å². The summed E-state index contributed by atoms with van der Waals surface area (Å²) in [6, 6.07) is 0.117. The largest absolute Gasteiger partial charge is 0.409 e. The van der Waals surface area contributed by atoms with E-state index in [-0.39, 0.29) is 17.8 Å². The van der Waals surface area contributed by atoms with Crippen molar-refractivity contribution in [1.82, 2.24) is 5.32 Å². The summed E-state index contributed by atoms with van der Waals surface area (Å²) in [4.78, 5) is 12.5. The number of amidine groups is 1. The highest BCUT2D eigenvalue weighted by molar-refractivity contribution is 6.07. The second kappa shape index (κ2) is 6.78. The summed E-state index contributed by atoms with van der Waals surface area (Å²) in [5.41, 5.74) is 4.97. The molecule has 0 spiro atoms. The predicted octanol–water partition coefficient (Wildman–Crippen LogP) is 2.23. The average Bonchev–Trinajstić information content (AvgIpc) is 2.89. The van der Waals surface area contributed by atoms with Crippen molar-refractivity contribution in [3.05, 3.63) is 0 Å². The summed E-state index contributed by atoms with van der Waals surface area (Å²) < 4.78 is 0. The maximum absolute atomic E-state index is 12.5. The van der Waals surface area contributed by atoms with E-state index in [0.29, 0.717) is 18.8 Å². The molecule has 5 heteroatoms. The smallest absolute Gasteiger partial charge is 0.234 e. The molecule has 0 aromatic carbocycles. The maximum Gasteiger partial charge on any atom is 0.234 e. The number of nitrogens with one attached hydrogen (secondary N) is 1. The van der Waals surface area contributed by atoms with Gasteiger partial charge < -0.3 is 16.3 Å². The van der Waals surface area contributed by atoms with E-state index < -0.39 is 5.41 Å². The van der Waals surface area contributed by atoms with Crippen LogP contribution < -0.4 is 11.1 Å². The molecule has 1 aliphatic rings. The molecule has 1 aliphatic carbocycles. The van der Waals surface area contributed by atoms with Gasteiger partial charge in [0.15, 0.2) is 5.84 Å². The lowest BCUT2D eigenvalue weighted by atomic mass is 9.83. The number of carbonyl (C=O) groups is 1. The highest BCUT2D eigenvalue weighted by Gasteiger charge is 2.45. The van der Waals surface area contributed by atoms with Crippen molar-refractivity contribution in [3.63, 3.8) is 0 Å². The normalized spacial score (nSPS) is 20.5. The predicted molar refractivity (Wildman–Crippen MR) is 76.0 cm³/mol. The lowest BCUT2D eigenvalue weighted by molar-refractivity contribution is -0.128. The molecular formula is C14H27N3O2. The van der Waals surface area contributed by atoms with Gasteiger partial charge in [-0.1, -0.05) is 44.7 Å². The van der Waals surface area contributed by atoms with Crippen molar-refractivity contribution in [1.29, 1.82) is 0 Å². The molecule has 1 amide bonds. The molecule has 1 saturated carbocycles. The second-order valence-electron chi connectivity index (χ2n) is 5.61. The van der Waals surface area contributed by atoms with Gasteiger partial charge in [0.2, 0.25) is 5.91 Å². The van der Waals surface area contributed by atoms with Crippen LogP contribution in [0, 0.1) is 11.3 Å². The molecule has 4 N–H and O–H groups in total. The lowest BCUT2D eigenvalue weighted by Crippen LogP contribution is -2.51. The standard InChI is InChI=1S/C14H27N3O2/c1-4-11(5-2)10(3)16-13(18)14(12(15)17-19)8-6-7-9-14/h10-11,19H,4-9H2,1-3H3,(H2,15,17)(H,16,18). The number of nitrogens with zero attached hydrogens (tertiary/aromatic N) is 1. The summed E-state index contributed by atoms with van der Waals surface area (Å²) in [6.45, 7) is 6.29. The number of hydrogen-bond acceptors (Lipinski definition) is 3. The molecule has 0 bridgehead atoms. The first kappa shape index (κ1) is 15.8. The first-order valence-corrected chi connectivity index (χ1v) is 7.30. The van der Waals surface area contributed by atoms with Crippen LogP contribution in [0.1, 0.15) is 59.3 Å². The Morgan fingerprint density at radius 1 is 1.37 bits per heavy atom. The first-order chi connectivity index (χ1) is 9.01. The van der Waals surface area contributed by atoms with E-state index in [1.165, 1.54) is 0 Å². The highest BCUT2D eigenvalue weighted by atomic mass is 16.4. The SMILES string of the molecule is CCC(CC)C(C)NC(=O)C1(C(N)=NO)CCCC1. The van der Waals surface area contributed by atoms with Gasteiger partial charge in [0.1, 0.15) is 5.41 Å². The average molecular weight is 269 g/mol. The Hall–Kier alpha value is -1.26. The Morgan fingerprint density at radius 3 is 2.32 bits per heavy atom. The Morgan fingerprint density at radius 2 is 1.89 bits per heavy atom. The highest BCUT2D eigenvalue weighted by Crippen LogP contribution is 2.38. The van der Waals surface area contributed by atoms with Gasteiger partial charge in [0, 0.05) is 6.04 Å². The van der Waals surface area contributed by atoms with Crippen LogP contribution in [0.3, 0.4) is 0 Å². The van der Waals surface area contributed by atoms with E-state index in [0.717, 1.165) is 25.7 Å². The number of oxime groups is 1. The number of amides is 1. The fourth-order valence-electron chi connectivity index (χ4n) is 3.13. The molecule has 0 heterocycles. The monoisotopic (exact) mass is 269 g/mol. The van der Waals surface area contributed by atoms with E-state index in [1.807, 2.05) is 6.92 Å². The third-order valence-electron chi connectivity index (χ3n) is 4.60. The van der Waals surface area contributed by atoms with Crippen LogP contribution >= 0.6 is 0 Å². The molecule has 0 aromatic heterocycles.